The third-order valence-electron chi connectivity index (χ3n) is 2.65. The Bertz CT molecular complexity index is 472. The first-order chi connectivity index (χ1) is 8.78. The summed E-state index contributed by atoms with van der Waals surface area (Å²) in [5, 5.41) is 2.12. The van der Waals surface area contributed by atoms with Crippen molar-refractivity contribution in [3.63, 3.8) is 0 Å². The van der Waals surface area contributed by atoms with Crippen LogP contribution in [-0.4, -0.2) is 17.3 Å². The number of halogens is 2. The van der Waals surface area contributed by atoms with E-state index in [1.807, 2.05) is 6.07 Å². The third-order valence-corrected chi connectivity index (χ3v) is 4.50. The summed E-state index contributed by atoms with van der Waals surface area (Å²) in [4.78, 5) is 3.74. The Hall–Kier alpha value is -0.350. The lowest BCUT2D eigenvalue weighted by Crippen LogP contribution is -2.24. The Morgan fingerprint density at radius 1 is 1.17 bits per heavy atom. The van der Waals surface area contributed by atoms with Crippen LogP contribution in [0.15, 0.2) is 46.3 Å². The fourth-order valence-corrected chi connectivity index (χ4v) is 3.56. The smallest absolute Gasteiger partial charge is 0.0351 e. The van der Waals surface area contributed by atoms with Crippen molar-refractivity contribution in [1.82, 2.24) is 4.90 Å². The van der Waals surface area contributed by atoms with Crippen LogP contribution in [0.25, 0.3) is 0 Å². The molecule has 0 radical (unpaired) electrons. The van der Waals surface area contributed by atoms with Crippen molar-refractivity contribution in [2.45, 2.75) is 13.1 Å². The van der Waals surface area contributed by atoms with Crippen LogP contribution in [0, 0.1) is 0 Å². The molecule has 0 aliphatic rings. The predicted octanol–water partition coefficient (Wildman–Crippen LogP) is 4.75. The molecule has 1 aromatic heterocycles. The molecule has 96 valence electrons. The second-order valence-corrected chi connectivity index (χ2v) is 6.41. The van der Waals surface area contributed by atoms with Crippen molar-refractivity contribution in [1.29, 1.82) is 0 Å². The number of rotatable bonds is 6. The molecule has 0 bridgehead atoms. The fraction of sp³-hybridized carbons (Fsp3) is 0.286. The lowest BCUT2D eigenvalue weighted by molar-refractivity contribution is 0.275. The summed E-state index contributed by atoms with van der Waals surface area (Å²) in [6.07, 6.45) is 0. The number of alkyl halides is 1. The molecule has 0 unspecified atom stereocenters. The van der Waals surface area contributed by atoms with E-state index in [4.69, 9.17) is 11.6 Å². The molecule has 1 heterocycles. The van der Waals surface area contributed by atoms with Crippen molar-refractivity contribution >= 4 is 38.9 Å². The molecule has 18 heavy (non-hydrogen) atoms. The summed E-state index contributed by atoms with van der Waals surface area (Å²) in [6, 6.07) is 12.7. The van der Waals surface area contributed by atoms with Crippen LogP contribution < -0.4 is 0 Å². The van der Waals surface area contributed by atoms with Gasteiger partial charge in [0.15, 0.2) is 0 Å². The van der Waals surface area contributed by atoms with Gasteiger partial charge in [0.2, 0.25) is 0 Å². The molecule has 2 aromatic rings. The lowest BCUT2D eigenvalue weighted by Gasteiger charge is -2.20. The molecule has 0 saturated carbocycles. The molecule has 0 aliphatic heterocycles. The van der Waals surface area contributed by atoms with Gasteiger partial charge >= 0.3 is 0 Å². The van der Waals surface area contributed by atoms with E-state index in [0.29, 0.717) is 5.88 Å². The van der Waals surface area contributed by atoms with Crippen LogP contribution in [0.1, 0.15) is 10.4 Å². The second kappa shape index (κ2) is 7.29. The molecular weight excluding hydrogens is 330 g/mol. The number of benzene rings is 1. The average Bonchev–Trinajstić information content (AvgIpc) is 2.76. The fourth-order valence-electron chi connectivity index (χ4n) is 1.83. The minimum absolute atomic E-state index is 0.666. The highest BCUT2D eigenvalue weighted by molar-refractivity contribution is 9.10. The van der Waals surface area contributed by atoms with Gasteiger partial charge in [-0.2, -0.15) is 0 Å². The molecule has 0 fully saturated rings. The summed E-state index contributed by atoms with van der Waals surface area (Å²) in [6.45, 7) is 2.81. The summed E-state index contributed by atoms with van der Waals surface area (Å²) >= 11 is 11.2. The average molecular weight is 345 g/mol. The monoisotopic (exact) mass is 343 g/mol. The standard InChI is InChI=1S/C14H15BrClNS/c15-13-8-14(18-11-13)10-17(7-6-16)9-12-4-2-1-3-5-12/h1-5,8,11H,6-7,9-10H2. The normalized spacial score (nSPS) is 11.1. The largest absolute Gasteiger partial charge is 0.293 e. The highest BCUT2D eigenvalue weighted by Crippen LogP contribution is 2.21. The molecule has 0 atom stereocenters. The maximum atomic E-state index is 5.89. The van der Waals surface area contributed by atoms with Crippen LogP contribution in [0.4, 0.5) is 0 Å². The van der Waals surface area contributed by atoms with E-state index in [-0.39, 0.29) is 0 Å². The molecule has 1 aromatic carbocycles. The first kappa shape index (κ1) is 14.1. The first-order valence-corrected chi connectivity index (χ1v) is 8.04. The van der Waals surface area contributed by atoms with Gasteiger partial charge in [0.25, 0.3) is 0 Å². The number of thiophene rings is 1. The molecule has 0 saturated heterocycles. The van der Waals surface area contributed by atoms with Gasteiger partial charge in [0, 0.05) is 40.2 Å². The summed E-state index contributed by atoms with van der Waals surface area (Å²) in [5.41, 5.74) is 1.33. The molecule has 0 spiro atoms. The Balaban J connectivity index is 1.99. The van der Waals surface area contributed by atoms with Crippen molar-refractivity contribution in [2.24, 2.45) is 0 Å². The van der Waals surface area contributed by atoms with E-state index in [1.165, 1.54) is 10.4 Å². The minimum atomic E-state index is 0.666. The number of hydrogen-bond donors (Lipinski definition) is 0. The van der Waals surface area contributed by atoms with Gasteiger partial charge in [-0.1, -0.05) is 30.3 Å². The Morgan fingerprint density at radius 3 is 2.56 bits per heavy atom. The van der Waals surface area contributed by atoms with Gasteiger partial charge in [0.05, 0.1) is 0 Å². The van der Waals surface area contributed by atoms with E-state index in [9.17, 15) is 0 Å². The lowest BCUT2D eigenvalue weighted by atomic mass is 10.2. The van der Waals surface area contributed by atoms with Gasteiger partial charge in [0.1, 0.15) is 0 Å². The van der Waals surface area contributed by atoms with Gasteiger partial charge in [-0.25, -0.2) is 0 Å². The Morgan fingerprint density at radius 2 is 1.94 bits per heavy atom. The topological polar surface area (TPSA) is 3.24 Å². The van der Waals surface area contributed by atoms with E-state index >= 15 is 0 Å². The van der Waals surface area contributed by atoms with Crippen LogP contribution >= 0.6 is 38.9 Å². The molecule has 0 amide bonds. The third kappa shape index (κ3) is 4.39. The SMILES string of the molecule is ClCCN(Cc1ccccc1)Cc1cc(Br)cs1. The van der Waals surface area contributed by atoms with E-state index in [0.717, 1.165) is 24.1 Å². The zero-order valence-electron chi connectivity index (χ0n) is 9.98. The van der Waals surface area contributed by atoms with Gasteiger partial charge in [-0.15, -0.1) is 22.9 Å². The molecule has 2 rings (SSSR count). The second-order valence-electron chi connectivity index (χ2n) is 4.12. The van der Waals surface area contributed by atoms with Gasteiger partial charge in [-0.3, -0.25) is 4.90 Å². The summed E-state index contributed by atoms with van der Waals surface area (Å²) in [5.74, 6) is 0.666. The van der Waals surface area contributed by atoms with Crippen molar-refractivity contribution in [3.8, 4) is 0 Å². The molecular formula is C14H15BrClNS. The van der Waals surface area contributed by atoms with E-state index in [1.54, 1.807) is 11.3 Å². The van der Waals surface area contributed by atoms with Gasteiger partial charge < -0.3 is 0 Å². The van der Waals surface area contributed by atoms with Crippen molar-refractivity contribution < 1.29 is 0 Å². The first-order valence-electron chi connectivity index (χ1n) is 5.83. The van der Waals surface area contributed by atoms with Crippen LogP contribution in [-0.2, 0) is 13.1 Å². The molecule has 4 heteroatoms. The maximum Gasteiger partial charge on any atom is 0.0351 e. The maximum absolute atomic E-state index is 5.89. The number of hydrogen-bond acceptors (Lipinski definition) is 2. The minimum Gasteiger partial charge on any atom is -0.293 e. The van der Waals surface area contributed by atoms with Crippen molar-refractivity contribution in [2.75, 3.05) is 12.4 Å². The molecule has 1 nitrogen and oxygen atoms in total. The van der Waals surface area contributed by atoms with Crippen molar-refractivity contribution in [3.05, 3.63) is 56.7 Å². The molecule has 0 aliphatic carbocycles. The highest BCUT2D eigenvalue weighted by atomic mass is 79.9. The van der Waals surface area contributed by atoms with Crippen LogP contribution in [0.2, 0.25) is 0 Å². The van der Waals surface area contributed by atoms with Gasteiger partial charge in [-0.05, 0) is 27.6 Å². The van der Waals surface area contributed by atoms with Crippen LogP contribution in [0.5, 0.6) is 0 Å². The van der Waals surface area contributed by atoms with E-state index < -0.39 is 0 Å². The summed E-state index contributed by atoms with van der Waals surface area (Å²) in [7, 11) is 0. The quantitative estimate of drug-likeness (QED) is 0.683. The Labute approximate surface area is 126 Å². The van der Waals surface area contributed by atoms with E-state index in [2.05, 4.69) is 56.5 Å². The zero-order chi connectivity index (χ0) is 12.8. The summed E-state index contributed by atoms with van der Waals surface area (Å²) < 4.78 is 1.16. The number of nitrogens with zero attached hydrogens (tertiary/aromatic N) is 1. The van der Waals surface area contributed by atoms with Crippen LogP contribution in [0.3, 0.4) is 0 Å². The predicted molar refractivity (Wildman–Crippen MR) is 83.3 cm³/mol. The zero-order valence-corrected chi connectivity index (χ0v) is 13.1. The molecule has 0 N–H and O–H groups in total. The highest BCUT2D eigenvalue weighted by Gasteiger charge is 2.08. The Kier molecular flexibility index (Phi) is 5.70.